The molecule has 40 heavy (non-hydrogen) atoms. The molecule has 0 aliphatic heterocycles. The first-order chi connectivity index (χ1) is 19.5. The summed E-state index contributed by atoms with van der Waals surface area (Å²) < 4.78 is 33.2. The predicted molar refractivity (Wildman–Crippen MR) is 144 cm³/mol. The number of hydrogen-bond donors (Lipinski definition) is 2. The number of carbonyl (C=O) groups is 1. The quantitative estimate of drug-likeness (QED) is 0.289. The smallest absolute Gasteiger partial charge is 0.266 e. The maximum absolute atomic E-state index is 13.5. The van der Waals surface area contributed by atoms with Gasteiger partial charge < -0.3 is 15.1 Å². The van der Waals surface area contributed by atoms with Crippen molar-refractivity contribution in [2.45, 2.75) is 13.0 Å². The van der Waals surface area contributed by atoms with Crippen LogP contribution >= 0.6 is 0 Å². The number of nitrogens with one attached hydrogen (secondary N) is 2. The third-order valence-corrected chi connectivity index (χ3v) is 5.93. The van der Waals surface area contributed by atoms with Crippen molar-refractivity contribution in [3.63, 3.8) is 0 Å². The maximum atomic E-state index is 13.5. The van der Waals surface area contributed by atoms with Gasteiger partial charge in [0.05, 0.1) is 31.2 Å². The average Bonchev–Trinajstić information content (AvgIpc) is 3.48. The van der Waals surface area contributed by atoms with Crippen molar-refractivity contribution in [2.24, 2.45) is 0 Å². The lowest BCUT2D eigenvalue weighted by Crippen LogP contribution is -2.33. The SMILES string of the molecule is O=C(NCC#Cc1ccc2ncnc(NCCc3ccco3)c2c1)c1cncn(Cc2ccc(F)c(F)c2)c1=O. The van der Waals surface area contributed by atoms with Crippen LogP contribution in [-0.4, -0.2) is 38.5 Å². The second-order valence-electron chi connectivity index (χ2n) is 8.68. The lowest BCUT2D eigenvalue weighted by molar-refractivity contribution is 0.0956. The van der Waals surface area contributed by atoms with Gasteiger partial charge in [-0.1, -0.05) is 17.9 Å². The fraction of sp³-hybridized carbons (Fsp3) is 0.138. The number of halogens is 2. The van der Waals surface area contributed by atoms with Crippen molar-refractivity contribution in [3.8, 4) is 11.8 Å². The molecule has 0 aliphatic rings. The number of aromatic nitrogens is 4. The van der Waals surface area contributed by atoms with Gasteiger partial charge in [-0.25, -0.2) is 23.7 Å². The van der Waals surface area contributed by atoms with Crippen molar-refractivity contribution in [1.29, 1.82) is 0 Å². The molecule has 3 heterocycles. The minimum atomic E-state index is -1.03. The average molecular weight is 541 g/mol. The molecule has 11 heteroatoms. The van der Waals surface area contributed by atoms with Crippen LogP contribution in [0.15, 0.2) is 82.9 Å². The van der Waals surface area contributed by atoms with Crippen LogP contribution in [0.3, 0.4) is 0 Å². The molecule has 5 rings (SSSR count). The molecule has 3 aromatic heterocycles. The second kappa shape index (κ2) is 12.0. The highest BCUT2D eigenvalue weighted by Gasteiger charge is 2.13. The lowest BCUT2D eigenvalue weighted by Gasteiger charge is -2.08. The Balaban J connectivity index is 1.22. The highest BCUT2D eigenvalue weighted by molar-refractivity contribution is 5.93. The standard InChI is InChI=1S/C29H22F2N6O3/c30-24-7-5-20(14-25(24)31)16-37-18-32-15-23(29(37)39)28(38)34-10-1-3-19-6-8-26-22(13-19)27(36-17-35-26)33-11-9-21-4-2-12-40-21/h2,4-8,12-15,17-18H,9-11,16H2,(H,34,38)(H,33,35,36). The summed E-state index contributed by atoms with van der Waals surface area (Å²) in [6.45, 7) is 0.529. The van der Waals surface area contributed by atoms with Gasteiger partial charge in [-0.2, -0.15) is 0 Å². The fourth-order valence-corrected chi connectivity index (χ4v) is 3.95. The van der Waals surface area contributed by atoms with Crippen LogP contribution in [0, 0.1) is 23.5 Å². The highest BCUT2D eigenvalue weighted by atomic mass is 19.2. The summed E-state index contributed by atoms with van der Waals surface area (Å²) in [5.41, 5.74) is 0.987. The van der Waals surface area contributed by atoms with Crippen LogP contribution in [0.5, 0.6) is 0 Å². The summed E-state index contributed by atoms with van der Waals surface area (Å²) in [6.07, 6.45) is 6.20. The fourth-order valence-electron chi connectivity index (χ4n) is 3.95. The predicted octanol–water partition coefficient (Wildman–Crippen LogP) is 3.54. The van der Waals surface area contributed by atoms with E-state index in [2.05, 4.69) is 37.4 Å². The molecule has 0 saturated heterocycles. The molecule has 2 N–H and O–H groups in total. The molecule has 0 unspecified atom stereocenters. The topological polar surface area (TPSA) is 115 Å². The zero-order chi connectivity index (χ0) is 27.9. The first kappa shape index (κ1) is 26.2. The molecule has 2 aromatic carbocycles. The molecule has 0 spiro atoms. The van der Waals surface area contributed by atoms with Crippen LogP contribution in [0.2, 0.25) is 0 Å². The van der Waals surface area contributed by atoms with E-state index in [1.807, 2.05) is 30.3 Å². The summed E-state index contributed by atoms with van der Waals surface area (Å²) in [5.74, 6) is 4.74. The van der Waals surface area contributed by atoms with Gasteiger partial charge in [0.25, 0.3) is 11.5 Å². The first-order valence-electron chi connectivity index (χ1n) is 12.2. The number of amides is 1. The Morgan fingerprint density at radius 1 is 1.07 bits per heavy atom. The van der Waals surface area contributed by atoms with Gasteiger partial charge in [0.2, 0.25) is 0 Å². The van der Waals surface area contributed by atoms with Crippen molar-refractivity contribution in [2.75, 3.05) is 18.4 Å². The highest BCUT2D eigenvalue weighted by Crippen LogP contribution is 2.20. The molecule has 0 fully saturated rings. The van der Waals surface area contributed by atoms with E-state index in [4.69, 9.17) is 4.42 Å². The first-order valence-corrected chi connectivity index (χ1v) is 12.2. The third-order valence-electron chi connectivity index (χ3n) is 5.93. The van der Waals surface area contributed by atoms with Gasteiger partial charge in [-0.3, -0.25) is 14.2 Å². The number of hydrogen-bond acceptors (Lipinski definition) is 7. The summed E-state index contributed by atoms with van der Waals surface area (Å²) in [6, 6.07) is 12.6. The number of nitrogens with zero attached hydrogens (tertiary/aromatic N) is 4. The number of rotatable bonds is 8. The van der Waals surface area contributed by atoms with Crippen molar-refractivity contribution >= 4 is 22.6 Å². The van der Waals surface area contributed by atoms with Gasteiger partial charge in [-0.15, -0.1) is 0 Å². The minimum Gasteiger partial charge on any atom is -0.469 e. The van der Waals surface area contributed by atoms with Crippen LogP contribution in [-0.2, 0) is 13.0 Å². The largest absolute Gasteiger partial charge is 0.469 e. The molecule has 200 valence electrons. The molecular formula is C29H22F2N6O3. The van der Waals surface area contributed by atoms with E-state index < -0.39 is 23.1 Å². The van der Waals surface area contributed by atoms with Crippen molar-refractivity contribution in [3.05, 3.63) is 118 Å². The molecular weight excluding hydrogens is 518 g/mol. The number of carbonyl (C=O) groups excluding carboxylic acids is 1. The zero-order valence-corrected chi connectivity index (χ0v) is 21.0. The van der Waals surface area contributed by atoms with E-state index in [-0.39, 0.29) is 18.7 Å². The maximum Gasteiger partial charge on any atom is 0.266 e. The van der Waals surface area contributed by atoms with Crippen LogP contribution in [0.4, 0.5) is 14.6 Å². The third kappa shape index (κ3) is 6.19. The van der Waals surface area contributed by atoms with E-state index in [9.17, 15) is 18.4 Å². The van der Waals surface area contributed by atoms with Gasteiger partial charge >= 0.3 is 0 Å². The number of benzene rings is 2. The zero-order valence-electron chi connectivity index (χ0n) is 21.0. The van der Waals surface area contributed by atoms with E-state index in [0.717, 1.165) is 39.6 Å². The minimum absolute atomic E-state index is 0.0199. The lowest BCUT2D eigenvalue weighted by atomic mass is 10.1. The summed E-state index contributed by atoms with van der Waals surface area (Å²) in [5, 5.41) is 6.68. The molecule has 0 aliphatic carbocycles. The van der Waals surface area contributed by atoms with Crippen molar-refractivity contribution in [1.82, 2.24) is 24.8 Å². The molecule has 1 amide bonds. The summed E-state index contributed by atoms with van der Waals surface area (Å²) in [7, 11) is 0. The van der Waals surface area contributed by atoms with Crippen LogP contribution < -0.4 is 16.2 Å². The Morgan fingerprint density at radius 3 is 2.80 bits per heavy atom. The molecule has 0 atom stereocenters. The van der Waals surface area contributed by atoms with E-state index >= 15 is 0 Å². The van der Waals surface area contributed by atoms with Crippen molar-refractivity contribution < 1.29 is 18.0 Å². The van der Waals surface area contributed by atoms with E-state index in [1.165, 1.54) is 18.7 Å². The number of anilines is 1. The van der Waals surface area contributed by atoms with Gasteiger partial charge in [0.15, 0.2) is 11.6 Å². The molecule has 0 bridgehead atoms. The van der Waals surface area contributed by atoms with Gasteiger partial charge in [0, 0.05) is 30.1 Å². The second-order valence-corrected chi connectivity index (χ2v) is 8.68. The van der Waals surface area contributed by atoms with Crippen LogP contribution in [0.25, 0.3) is 10.9 Å². The normalized spacial score (nSPS) is 10.7. The Morgan fingerprint density at radius 2 is 1.98 bits per heavy atom. The van der Waals surface area contributed by atoms with E-state index in [0.29, 0.717) is 29.9 Å². The Bertz CT molecular complexity index is 1790. The summed E-state index contributed by atoms with van der Waals surface area (Å²) >= 11 is 0. The summed E-state index contributed by atoms with van der Waals surface area (Å²) in [4.78, 5) is 37.9. The van der Waals surface area contributed by atoms with Gasteiger partial charge in [0.1, 0.15) is 23.5 Å². The van der Waals surface area contributed by atoms with E-state index in [1.54, 1.807) is 6.26 Å². The molecule has 0 saturated carbocycles. The molecule has 5 aromatic rings. The Kier molecular flexibility index (Phi) is 7.87. The Labute approximate surface area is 226 Å². The molecule has 9 nitrogen and oxygen atoms in total. The Hall–Kier alpha value is -5.37. The number of furan rings is 1. The van der Waals surface area contributed by atoms with Gasteiger partial charge in [-0.05, 0) is 48.0 Å². The molecule has 0 radical (unpaired) electrons. The number of fused-ring (bicyclic) bond motifs is 1. The monoisotopic (exact) mass is 540 g/mol. The van der Waals surface area contributed by atoms with Crippen LogP contribution in [0.1, 0.15) is 27.2 Å².